The minimum atomic E-state index is -0.213. The predicted octanol–water partition coefficient (Wildman–Crippen LogP) is 0.635. The van der Waals surface area contributed by atoms with Crippen molar-refractivity contribution in [3.05, 3.63) is 0 Å². The van der Waals surface area contributed by atoms with Gasteiger partial charge in [0.25, 0.3) is 0 Å². The van der Waals surface area contributed by atoms with Crippen molar-refractivity contribution in [1.82, 2.24) is 16.0 Å². The van der Waals surface area contributed by atoms with E-state index in [-0.39, 0.29) is 18.0 Å². The fourth-order valence-corrected chi connectivity index (χ4v) is 2.07. The van der Waals surface area contributed by atoms with Gasteiger partial charge in [-0.25, -0.2) is 0 Å². The SMILES string of the molecule is CN=C(NCCC1CCCO1)NCC(=O)NC(C)(C)C. The standard InChI is InChI=1S/C14H28N4O2/c1-14(2,3)18-12(19)10-17-13(15-4)16-8-7-11-6-5-9-20-11/h11H,5-10H2,1-4H3,(H,18,19)(H2,15,16,17). The Balaban J connectivity index is 2.17. The number of ether oxygens (including phenoxy) is 1. The summed E-state index contributed by atoms with van der Waals surface area (Å²) in [4.78, 5) is 15.8. The van der Waals surface area contributed by atoms with Gasteiger partial charge in [0.1, 0.15) is 0 Å². The Bertz CT molecular complexity index is 331. The van der Waals surface area contributed by atoms with E-state index in [0.29, 0.717) is 12.1 Å². The summed E-state index contributed by atoms with van der Waals surface area (Å²) in [6, 6.07) is 0. The molecule has 1 atom stereocenters. The highest BCUT2D eigenvalue weighted by molar-refractivity contribution is 5.86. The minimum absolute atomic E-state index is 0.0421. The van der Waals surface area contributed by atoms with Crippen molar-refractivity contribution < 1.29 is 9.53 Å². The summed E-state index contributed by atoms with van der Waals surface area (Å²) in [5.74, 6) is 0.603. The summed E-state index contributed by atoms with van der Waals surface area (Å²) in [5.41, 5.74) is -0.213. The molecule has 0 aromatic rings. The summed E-state index contributed by atoms with van der Waals surface area (Å²) >= 11 is 0. The third-order valence-corrected chi connectivity index (χ3v) is 2.94. The molecule has 0 aromatic carbocycles. The maximum atomic E-state index is 11.7. The third-order valence-electron chi connectivity index (χ3n) is 2.94. The fourth-order valence-electron chi connectivity index (χ4n) is 2.07. The van der Waals surface area contributed by atoms with E-state index in [1.54, 1.807) is 7.05 Å². The number of hydrogen-bond donors (Lipinski definition) is 3. The van der Waals surface area contributed by atoms with Crippen LogP contribution in [0.5, 0.6) is 0 Å². The summed E-state index contributed by atoms with van der Waals surface area (Å²) < 4.78 is 5.56. The number of amides is 1. The minimum Gasteiger partial charge on any atom is -0.378 e. The van der Waals surface area contributed by atoms with Gasteiger partial charge in [0.05, 0.1) is 12.6 Å². The zero-order chi connectivity index (χ0) is 15.0. The molecule has 116 valence electrons. The van der Waals surface area contributed by atoms with Crippen molar-refractivity contribution in [1.29, 1.82) is 0 Å². The van der Waals surface area contributed by atoms with Crippen LogP contribution in [0, 0.1) is 0 Å². The first kappa shape index (κ1) is 16.8. The average Bonchev–Trinajstić information content (AvgIpc) is 2.84. The second kappa shape index (κ2) is 8.09. The molecule has 6 nitrogen and oxygen atoms in total. The van der Waals surface area contributed by atoms with Crippen LogP contribution in [0.4, 0.5) is 0 Å². The van der Waals surface area contributed by atoms with Crippen LogP contribution in [0.25, 0.3) is 0 Å². The highest BCUT2D eigenvalue weighted by Gasteiger charge is 2.15. The van der Waals surface area contributed by atoms with Gasteiger partial charge in [0, 0.05) is 25.7 Å². The molecule has 0 bridgehead atoms. The van der Waals surface area contributed by atoms with Crippen molar-refractivity contribution in [3.63, 3.8) is 0 Å². The second-order valence-corrected chi connectivity index (χ2v) is 6.07. The van der Waals surface area contributed by atoms with Crippen LogP contribution in [-0.4, -0.2) is 50.3 Å². The molecule has 0 aliphatic carbocycles. The zero-order valence-corrected chi connectivity index (χ0v) is 13.1. The smallest absolute Gasteiger partial charge is 0.239 e. The maximum absolute atomic E-state index is 11.7. The van der Waals surface area contributed by atoms with Gasteiger partial charge in [0.15, 0.2) is 5.96 Å². The van der Waals surface area contributed by atoms with Crippen LogP contribution in [0.1, 0.15) is 40.0 Å². The van der Waals surface area contributed by atoms with E-state index in [0.717, 1.165) is 32.4 Å². The first-order valence-electron chi connectivity index (χ1n) is 7.28. The normalized spacial score (nSPS) is 19.8. The maximum Gasteiger partial charge on any atom is 0.239 e. The van der Waals surface area contributed by atoms with Crippen molar-refractivity contribution in [2.24, 2.45) is 4.99 Å². The van der Waals surface area contributed by atoms with Crippen LogP contribution >= 0.6 is 0 Å². The fraction of sp³-hybridized carbons (Fsp3) is 0.857. The van der Waals surface area contributed by atoms with Crippen molar-refractivity contribution in [2.45, 2.75) is 51.7 Å². The van der Waals surface area contributed by atoms with Gasteiger partial charge in [-0.05, 0) is 40.0 Å². The lowest BCUT2D eigenvalue weighted by molar-refractivity contribution is -0.121. The lowest BCUT2D eigenvalue weighted by Gasteiger charge is -2.21. The van der Waals surface area contributed by atoms with Crippen molar-refractivity contribution in [3.8, 4) is 0 Å². The lowest BCUT2D eigenvalue weighted by atomic mass is 10.1. The van der Waals surface area contributed by atoms with E-state index in [9.17, 15) is 4.79 Å². The molecular formula is C14H28N4O2. The molecule has 1 unspecified atom stereocenters. The van der Waals surface area contributed by atoms with E-state index >= 15 is 0 Å². The highest BCUT2D eigenvalue weighted by atomic mass is 16.5. The number of aliphatic imine (C=N–C) groups is 1. The Hall–Kier alpha value is -1.30. The van der Waals surface area contributed by atoms with Gasteiger partial charge in [-0.3, -0.25) is 9.79 Å². The number of rotatable bonds is 5. The highest BCUT2D eigenvalue weighted by Crippen LogP contribution is 2.14. The van der Waals surface area contributed by atoms with Gasteiger partial charge in [-0.2, -0.15) is 0 Å². The molecule has 1 heterocycles. The van der Waals surface area contributed by atoms with Crippen molar-refractivity contribution >= 4 is 11.9 Å². The first-order valence-corrected chi connectivity index (χ1v) is 7.28. The molecule has 20 heavy (non-hydrogen) atoms. The molecule has 1 aliphatic rings. The monoisotopic (exact) mass is 284 g/mol. The zero-order valence-electron chi connectivity index (χ0n) is 13.1. The van der Waals surface area contributed by atoms with Crippen molar-refractivity contribution in [2.75, 3.05) is 26.7 Å². The number of carbonyl (C=O) groups excluding carboxylic acids is 1. The molecule has 1 rings (SSSR count). The van der Waals surface area contributed by atoms with E-state index in [1.165, 1.54) is 0 Å². The molecule has 1 saturated heterocycles. The van der Waals surface area contributed by atoms with E-state index < -0.39 is 0 Å². The molecule has 6 heteroatoms. The molecule has 3 N–H and O–H groups in total. The topological polar surface area (TPSA) is 74.8 Å². The lowest BCUT2D eigenvalue weighted by Crippen LogP contribution is -2.48. The summed E-state index contributed by atoms with van der Waals surface area (Å²) in [6.45, 7) is 7.77. The molecule has 0 radical (unpaired) electrons. The van der Waals surface area contributed by atoms with Crippen LogP contribution in [0.15, 0.2) is 4.99 Å². The van der Waals surface area contributed by atoms with Crippen LogP contribution < -0.4 is 16.0 Å². The Morgan fingerprint density at radius 1 is 1.35 bits per heavy atom. The molecule has 0 spiro atoms. The summed E-state index contributed by atoms with van der Waals surface area (Å²) in [5, 5.41) is 9.09. The van der Waals surface area contributed by atoms with Gasteiger partial charge < -0.3 is 20.7 Å². The molecule has 1 amide bonds. The number of guanidine groups is 1. The quantitative estimate of drug-likeness (QED) is 0.511. The number of carbonyl (C=O) groups is 1. The summed E-state index contributed by atoms with van der Waals surface area (Å²) in [6.07, 6.45) is 3.63. The molecular weight excluding hydrogens is 256 g/mol. The van der Waals surface area contributed by atoms with Gasteiger partial charge in [-0.15, -0.1) is 0 Å². The number of nitrogens with one attached hydrogen (secondary N) is 3. The Kier molecular flexibility index (Phi) is 6.78. The second-order valence-electron chi connectivity index (χ2n) is 6.07. The largest absolute Gasteiger partial charge is 0.378 e. The first-order chi connectivity index (χ1) is 9.40. The predicted molar refractivity (Wildman–Crippen MR) is 80.9 cm³/mol. The molecule has 0 aromatic heterocycles. The van der Waals surface area contributed by atoms with Gasteiger partial charge in [0.2, 0.25) is 5.91 Å². The van der Waals surface area contributed by atoms with Gasteiger partial charge >= 0.3 is 0 Å². The van der Waals surface area contributed by atoms with Crippen LogP contribution in [0.3, 0.4) is 0 Å². The number of nitrogens with zero attached hydrogens (tertiary/aromatic N) is 1. The van der Waals surface area contributed by atoms with Gasteiger partial charge in [-0.1, -0.05) is 0 Å². The Labute approximate surface area is 121 Å². The van der Waals surface area contributed by atoms with Crippen LogP contribution in [-0.2, 0) is 9.53 Å². The van der Waals surface area contributed by atoms with E-state index in [4.69, 9.17) is 4.74 Å². The molecule has 1 fully saturated rings. The van der Waals surface area contributed by atoms with Crippen LogP contribution in [0.2, 0.25) is 0 Å². The van der Waals surface area contributed by atoms with E-state index in [1.807, 2.05) is 20.8 Å². The average molecular weight is 284 g/mol. The third kappa shape index (κ3) is 7.33. The Morgan fingerprint density at radius 3 is 2.65 bits per heavy atom. The summed E-state index contributed by atoms with van der Waals surface area (Å²) in [7, 11) is 1.70. The Morgan fingerprint density at radius 2 is 2.10 bits per heavy atom. The molecule has 0 saturated carbocycles. The number of hydrogen-bond acceptors (Lipinski definition) is 3. The van der Waals surface area contributed by atoms with E-state index in [2.05, 4.69) is 20.9 Å². The molecule has 1 aliphatic heterocycles.